The van der Waals surface area contributed by atoms with Crippen LogP contribution in [0.3, 0.4) is 0 Å². The van der Waals surface area contributed by atoms with E-state index in [2.05, 4.69) is 57.2 Å². The largest absolute Gasteiger partial charge is 0.462 e. The van der Waals surface area contributed by atoms with Crippen LogP contribution in [0.25, 0.3) is 0 Å². The number of hydrogen-bond donors (Lipinski definition) is 0. The summed E-state index contributed by atoms with van der Waals surface area (Å²) in [7, 11) is 0. The van der Waals surface area contributed by atoms with Crippen molar-refractivity contribution in [1.82, 2.24) is 0 Å². The summed E-state index contributed by atoms with van der Waals surface area (Å²) in [6.45, 7) is 6.66. The predicted molar refractivity (Wildman–Crippen MR) is 326 cm³/mol. The molecular weight excluding hydrogens is 925 g/mol. The first-order valence-electron chi connectivity index (χ1n) is 33.5. The fraction of sp³-hybridized carbons (Fsp3) is 0.870. The van der Waals surface area contributed by atoms with Crippen molar-refractivity contribution < 1.29 is 28.6 Å². The highest BCUT2D eigenvalue weighted by atomic mass is 16.6. The molecule has 0 aromatic rings. The number of rotatable bonds is 62. The Bertz CT molecular complexity index is 1250. The second-order valence-corrected chi connectivity index (χ2v) is 22.7. The molecule has 1 unspecified atom stereocenters. The summed E-state index contributed by atoms with van der Waals surface area (Å²) in [5.41, 5.74) is 0. The van der Waals surface area contributed by atoms with Gasteiger partial charge in [-0.1, -0.05) is 308 Å². The summed E-state index contributed by atoms with van der Waals surface area (Å²) < 4.78 is 16.9. The van der Waals surface area contributed by atoms with Crippen LogP contribution >= 0.6 is 0 Å². The first kappa shape index (κ1) is 72.6. The molecule has 0 radical (unpaired) electrons. The fourth-order valence-electron chi connectivity index (χ4n) is 10.1. The summed E-state index contributed by atoms with van der Waals surface area (Å²) in [6, 6.07) is 0. The highest BCUT2D eigenvalue weighted by molar-refractivity contribution is 5.71. The lowest BCUT2D eigenvalue weighted by Gasteiger charge is -2.18. The van der Waals surface area contributed by atoms with Gasteiger partial charge in [0.1, 0.15) is 13.2 Å². The van der Waals surface area contributed by atoms with Crippen molar-refractivity contribution in [2.24, 2.45) is 0 Å². The molecule has 0 aliphatic rings. The summed E-state index contributed by atoms with van der Waals surface area (Å²) in [5.74, 6) is -0.875. The van der Waals surface area contributed by atoms with E-state index in [0.29, 0.717) is 19.3 Å². The third kappa shape index (κ3) is 62.4. The Hall–Kier alpha value is -2.37. The zero-order valence-corrected chi connectivity index (χ0v) is 50.6. The molecule has 440 valence electrons. The Balaban J connectivity index is 4.24. The van der Waals surface area contributed by atoms with Gasteiger partial charge in [0.15, 0.2) is 6.10 Å². The molecule has 0 aliphatic heterocycles. The van der Waals surface area contributed by atoms with Gasteiger partial charge >= 0.3 is 17.9 Å². The molecule has 0 aliphatic carbocycles. The molecule has 1 atom stereocenters. The van der Waals surface area contributed by atoms with E-state index in [-0.39, 0.29) is 31.1 Å². The molecule has 75 heavy (non-hydrogen) atoms. The monoisotopic (exact) mass is 1050 g/mol. The van der Waals surface area contributed by atoms with E-state index in [4.69, 9.17) is 14.2 Å². The molecular formula is C69H128O6. The van der Waals surface area contributed by atoms with E-state index in [1.54, 1.807) is 0 Å². The maximum Gasteiger partial charge on any atom is 0.306 e. The minimum atomic E-state index is -0.781. The van der Waals surface area contributed by atoms with E-state index in [9.17, 15) is 14.4 Å². The van der Waals surface area contributed by atoms with E-state index >= 15 is 0 Å². The molecule has 0 saturated carbocycles. The molecule has 0 N–H and O–H groups in total. The standard InChI is InChI=1S/C69H128O6/c1-4-7-10-13-16-19-22-25-28-30-31-32-33-34-35-36-37-38-39-42-44-47-50-53-56-59-62-68(71)74-65-66(64-73-67(70)61-58-55-52-49-46-43-40-27-24-21-18-15-12-9-6-3)75-69(72)63-60-57-54-51-48-45-41-29-26-23-20-17-14-11-8-5-2/h20,23,27,29,40-41,66H,4-19,21-22,24-26,28,30-39,42-65H2,1-3H3/b23-20-,40-27-,41-29-. The van der Waals surface area contributed by atoms with Gasteiger partial charge in [-0.25, -0.2) is 0 Å². The van der Waals surface area contributed by atoms with Crippen LogP contribution in [0.15, 0.2) is 36.5 Å². The van der Waals surface area contributed by atoms with Crippen LogP contribution < -0.4 is 0 Å². The summed E-state index contributed by atoms with van der Waals surface area (Å²) in [6.07, 6.45) is 78.8. The zero-order chi connectivity index (χ0) is 54.3. The van der Waals surface area contributed by atoms with E-state index in [0.717, 1.165) is 89.9 Å². The van der Waals surface area contributed by atoms with Gasteiger partial charge in [-0.15, -0.1) is 0 Å². The lowest BCUT2D eigenvalue weighted by Crippen LogP contribution is -2.30. The number of carbonyl (C=O) groups is 3. The van der Waals surface area contributed by atoms with Crippen molar-refractivity contribution in [1.29, 1.82) is 0 Å². The van der Waals surface area contributed by atoms with Crippen molar-refractivity contribution in [2.75, 3.05) is 13.2 Å². The van der Waals surface area contributed by atoms with Gasteiger partial charge in [0.2, 0.25) is 0 Å². The number of esters is 3. The maximum absolute atomic E-state index is 12.9. The first-order chi connectivity index (χ1) is 37.0. The average Bonchev–Trinajstić information content (AvgIpc) is 3.41. The van der Waals surface area contributed by atoms with Crippen LogP contribution in [0.5, 0.6) is 0 Å². The number of hydrogen-bond acceptors (Lipinski definition) is 6. The zero-order valence-electron chi connectivity index (χ0n) is 50.6. The lowest BCUT2D eigenvalue weighted by molar-refractivity contribution is -0.167. The number of ether oxygens (including phenoxy) is 3. The van der Waals surface area contributed by atoms with Crippen LogP contribution in [-0.4, -0.2) is 37.2 Å². The molecule has 0 rings (SSSR count). The Morgan fingerprint density at radius 3 is 0.760 bits per heavy atom. The van der Waals surface area contributed by atoms with Crippen molar-refractivity contribution in [3.05, 3.63) is 36.5 Å². The predicted octanol–water partition coefficient (Wildman–Crippen LogP) is 22.8. The minimum Gasteiger partial charge on any atom is -0.462 e. The van der Waals surface area contributed by atoms with Crippen LogP contribution in [0.2, 0.25) is 0 Å². The Morgan fingerprint density at radius 2 is 0.480 bits per heavy atom. The number of allylic oxidation sites excluding steroid dienone is 6. The molecule has 0 aromatic carbocycles. The van der Waals surface area contributed by atoms with E-state index in [1.807, 2.05) is 0 Å². The van der Waals surface area contributed by atoms with Crippen LogP contribution in [0.4, 0.5) is 0 Å². The molecule has 6 nitrogen and oxygen atoms in total. The Kier molecular flexibility index (Phi) is 62.1. The van der Waals surface area contributed by atoms with Crippen molar-refractivity contribution in [3.63, 3.8) is 0 Å². The molecule has 0 fully saturated rings. The molecule has 0 spiro atoms. The van der Waals surface area contributed by atoms with Crippen molar-refractivity contribution >= 4 is 17.9 Å². The highest BCUT2D eigenvalue weighted by Crippen LogP contribution is 2.18. The van der Waals surface area contributed by atoms with Gasteiger partial charge in [0, 0.05) is 19.3 Å². The van der Waals surface area contributed by atoms with Crippen LogP contribution in [-0.2, 0) is 28.6 Å². The Labute approximate surface area is 467 Å². The summed E-state index contributed by atoms with van der Waals surface area (Å²) in [5, 5.41) is 0. The topological polar surface area (TPSA) is 78.9 Å². The maximum atomic E-state index is 12.9. The molecule has 0 aromatic heterocycles. The fourth-order valence-corrected chi connectivity index (χ4v) is 10.1. The van der Waals surface area contributed by atoms with Crippen LogP contribution in [0.1, 0.15) is 367 Å². The summed E-state index contributed by atoms with van der Waals surface area (Å²) in [4.78, 5) is 38.3. The smallest absolute Gasteiger partial charge is 0.306 e. The second-order valence-electron chi connectivity index (χ2n) is 22.7. The second kappa shape index (κ2) is 64.2. The SMILES string of the molecule is CCCCCC/C=C\C/C=C\CCCCCCCC(=O)OC(COC(=O)CCCCCCC/C=C\CCCCCCCC)COC(=O)CCCCCCCCCCCCCCCCCCCCCCCCCCCC. The summed E-state index contributed by atoms with van der Waals surface area (Å²) >= 11 is 0. The lowest BCUT2D eigenvalue weighted by atomic mass is 10.0. The number of unbranched alkanes of at least 4 members (excludes halogenated alkanes) is 45. The van der Waals surface area contributed by atoms with Gasteiger partial charge in [-0.05, 0) is 77.0 Å². The van der Waals surface area contributed by atoms with E-state index < -0.39 is 6.10 Å². The molecule has 0 heterocycles. The third-order valence-corrected chi connectivity index (χ3v) is 15.1. The Morgan fingerprint density at radius 1 is 0.267 bits per heavy atom. The molecule has 0 saturated heterocycles. The quantitative estimate of drug-likeness (QED) is 0.0261. The van der Waals surface area contributed by atoms with Crippen molar-refractivity contribution in [3.8, 4) is 0 Å². The molecule has 6 heteroatoms. The third-order valence-electron chi connectivity index (χ3n) is 15.1. The van der Waals surface area contributed by atoms with Crippen molar-refractivity contribution in [2.45, 2.75) is 374 Å². The normalized spacial score (nSPS) is 12.2. The molecule has 0 amide bonds. The average molecular weight is 1050 g/mol. The van der Waals surface area contributed by atoms with E-state index in [1.165, 1.54) is 238 Å². The van der Waals surface area contributed by atoms with Gasteiger partial charge in [-0.3, -0.25) is 14.4 Å². The first-order valence-corrected chi connectivity index (χ1v) is 33.5. The van der Waals surface area contributed by atoms with Gasteiger partial charge in [0.25, 0.3) is 0 Å². The minimum absolute atomic E-state index is 0.0764. The van der Waals surface area contributed by atoms with Gasteiger partial charge < -0.3 is 14.2 Å². The van der Waals surface area contributed by atoms with Crippen LogP contribution in [0, 0.1) is 0 Å². The highest BCUT2D eigenvalue weighted by Gasteiger charge is 2.19. The van der Waals surface area contributed by atoms with Gasteiger partial charge in [0.05, 0.1) is 0 Å². The number of carbonyl (C=O) groups excluding carboxylic acids is 3. The van der Waals surface area contributed by atoms with Gasteiger partial charge in [-0.2, -0.15) is 0 Å². The molecule has 0 bridgehead atoms.